The Kier molecular flexibility index (Phi) is 3.96. The van der Waals surface area contributed by atoms with E-state index in [4.69, 9.17) is 0 Å². The van der Waals surface area contributed by atoms with Crippen molar-refractivity contribution in [3.05, 3.63) is 18.0 Å². The summed E-state index contributed by atoms with van der Waals surface area (Å²) < 4.78 is 2.01. The summed E-state index contributed by atoms with van der Waals surface area (Å²) in [5, 5.41) is 7.66. The Morgan fingerprint density at radius 1 is 1.62 bits per heavy atom. The van der Waals surface area contributed by atoms with Gasteiger partial charge in [-0.25, -0.2) is 0 Å². The molecule has 1 atom stereocenters. The fraction of sp³-hybridized carbons (Fsp3) is 0.700. The minimum Gasteiger partial charge on any atom is -0.315 e. The van der Waals surface area contributed by atoms with E-state index in [-0.39, 0.29) is 0 Å². The summed E-state index contributed by atoms with van der Waals surface area (Å²) in [4.78, 5) is 0. The number of hydrogen-bond donors (Lipinski definition) is 1. The van der Waals surface area contributed by atoms with Crippen LogP contribution in [0.25, 0.3) is 0 Å². The second-order valence-corrected chi connectivity index (χ2v) is 3.45. The molecule has 74 valence electrons. The van der Waals surface area contributed by atoms with E-state index in [1.54, 1.807) is 0 Å². The van der Waals surface area contributed by atoms with Gasteiger partial charge in [-0.2, -0.15) is 5.10 Å². The van der Waals surface area contributed by atoms with Crippen LogP contribution in [0.1, 0.15) is 25.5 Å². The van der Waals surface area contributed by atoms with Crippen LogP contribution in [-0.2, 0) is 6.54 Å². The second kappa shape index (κ2) is 5.02. The summed E-state index contributed by atoms with van der Waals surface area (Å²) in [5.41, 5.74) is 1.09. The van der Waals surface area contributed by atoms with Gasteiger partial charge in [0.05, 0.1) is 12.2 Å². The molecule has 0 fully saturated rings. The van der Waals surface area contributed by atoms with Crippen LogP contribution in [0.15, 0.2) is 12.3 Å². The molecule has 3 nitrogen and oxygen atoms in total. The number of rotatable bonds is 5. The van der Waals surface area contributed by atoms with Crippen LogP contribution in [0, 0.1) is 6.92 Å². The van der Waals surface area contributed by atoms with Gasteiger partial charge in [-0.05, 0) is 26.5 Å². The summed E-state index contributed by atoms with van der Waals surface area (Å²) >= 11 is 0. The van der Waals surface area contributed by atoms with E-state index in [1.807, 2.05) is 30.9 Å². The van der Waals surface area contributed by atoms with E-state index in [0.29, 0.717) is 6.04 Å². The molecule has 1 heterocycles. The minimum absolute atomic E-state index is 0.546. The molecule has 1 N–H and O–H groups in total. The van der Waals surface area contributed by atoms with Gasteiger partial charge in [0, 0.05) is 12.2 Å². The number of nitrogens with one attached hydrogen (secondary N) is 1. The van der Waals surface area contributed by atoms with Gasteiger partial charge in [0.15, 0.2) is 0 Å². The van der Waals surface area contributed by atoms with Gasteiger partial charge in [-0.1, -0.05) is 13.3 Å². The van der Waals surface area contributed by atoms with E-state index in [9.17, 15) is 0 Å². The zero-order valence-corrected chi connectivity index (χ0v) is 8.75. The topological polar surface area (TPSA) is 29.9 Å². The SMILES string of the molecule is CCCC(Cn1ccc(C)n1)NC. The highest BCUT2D eigenvalue weighted by molar-refractivity contribution is 4.95. The van der Waals surface area contributed by atoms with Crippen molar-refractivity contribution in [2.24, 2.45) is 0 Å². The summed E-state index contributed by atoms with van der Waals surface area (Å²) in [6, 6.07) is 2.59. The summed E-state index contributed by atoms with van der Waals surface area (Å²) in [7, 11) is 2.01. The number of nitrogens with zero attached hydrogens (tertiary/aromatic N) is 2. The molecular weight excluding hydrogens is 162 g/mol. The molecule has 0 bridgehead atoms. The average molecular weight is 181 g/mol. The number of aryl methyl sites for hydroxylation is 1. The molecule has 0 aromatic carbocycles. The summed E-state index contributed by atoms with van der Waals surface area (Å²) in [5.74, 6) is 0. The first-order valence-electron chi connectivity index (χ1n) is 4.93. The van der Waals surface area contributed by atoms with Crippen LogP contribution in [-0.4, -0.2) is 22.9 Å². The van der Waals surface area contributed by atoms with Crippen molar-refractivity contribution in [1.82, 2.24) is 15.1 Å². The quantitative estimate of drug-likeness (QED) is 0.747. The zero-order valence-electron chi connectivity index (χ0n) is 8.75. The molecule has 0 spiro atoms. The van der Waals surface area contributed by atoms with E-state index in [0.717, 1.165) is 12.2 Å². The van der Waals surface area contributed by atoms with Crippen LogP contribution in [0.5, 0.6) is 0 Å². The average Bonchev–Trinajstić information content (AvgIpc) is 2.50. The molecule has 0 saturated heterocycles. The maximum absolute atomic E-state index is 4.36. The molecule has 13 heavy (non-hydrogen) atoms. The highest BCUT2D eigenvalue weighted by Crippen LogP contribution is 2.00. The fourth-order valence-corrected chi connectivity index (χ4v) is 1.47. The second-order valence-electron chi connectivity index (χ2n) is 3.45. The molecule has 0 amide bonds. The number of likely N-dealkylation sites (N-methyl/N-ethyl adjacent to an activating group) is 1. The molecule has 3 heteroatoms. The Hall–Kier alpha value is -0.830. The van der Waals surface area contributed by atoms with Gasteiger partial charge in [0.2, 0.25) is 0 Å². The third-order valence-electron chi connectivity index (χ3n) is 2.23. The molecule has 1 rings (SSSR count). The van der Waals surface area contributed by atoms with Gasteiger partial charge >= 0.3 is 0 Å². The predicted molar refractivity (Wildman–Crippen MR) is 54.7 cm³/mol. The van der Waals surface area contributed by atoms with Crippen molar-refractivity contribution in [3.63, 3.8) is 0 Å². The van der Waals surface area contributed by atoms with Crippen LogP contribution in [0.2, 0.25) is 0 Å². The third kappa shape index (κ3) is 3.19. The fourth-order valence-electron chi connectivity index (χ4n) is 1.47. The first-order chi connectivity index (χ1) is 6.26. The molecule has 0 aliphatic carbocycles. The molecule has 1 aromatic rings. The van der Waals surface area contributed by atoms with Crippen molar-refractivity contribution in [1.29, 1.82) is 0 Å². The number of aromatic nitrogens is 2. The smallest absolute Gasteiger partial charge is 0.0593 e. The standard InChI is InChI=1S/C10H19N3/c1-4-5-10(11-3)8-13-7-6-9(2)12-13/h6-7,10-11H,4-5,8H2,1-3H3. The van der Waals surface area contributed by atoms with Crippen LogP contribution >= 0.6 is 0 Å². The van der Waals surface area contributed by atoms with E-state index in [2.05, 4.69) is 17.3 Å². The Morgan fingerprint density at radius 3 is 2.85 bits per heavy atom. The van der Waals surface area contributed by atoms with Crippen LogP contribution in [0.4, 0.5) is 0 Å². The monoisotopic (exact) mass is 181 g/mol. The summed E-state index contributed by atoms with van der Waals surface area (Å²) in [6.45, 7) is 5.20. The highest BCUT2D eigenvalue weighted by atomic mass is 15.3. The van der Waals surface area contributed by atoms with Gasteiger partial charge in [-0.3, -0.25) is 4.68 Å². The Labute approximate surface area is 80.1 Å². The minimum atomic E-state index is 0.546. The van der Waals surface area contributed by atoms with Crippen LogP contribution in [0.3, 0.4) is 0 Å². The van der Waals surface area contributed by atoms with Crippen molar-refractivity contribution < 1.29 is 0 Å². The molecule has 0 radical (unpaired) electrons. The van der Waals surface area contributed by atoms with E-state index < -0.39 is 0 Å². The zero-order chi connectivity index (χ0) is 9.68. The normalized spacial score (nSPS) is 13.2. The Bertz CT molecular complexity index is 242. The van der Waals surface area contributed by atoms with Crippen molar-refractivity contribution in [2.45, 2.75) is 39.3 Å². The lowest BCUT2D eigenvalue weighted by Gasteiger charge is -2.14. The Balaban J connectivity index is 2.46. The van der Waals surface area contributed by atoms with Crippen LogP contribution < -0.4 is 5.32 Å². The lowest BCUT2D eigenvalue weighted by Crippen LogP contribution is -2.30. The maximum atomic E-state index is 4.36. The maximum Gasteiger partial charge on any atom is 0.0593 e. The molecule has 1 aromatic heterocycles. The Morgan fingerprint density at radius 2 is 2.38 bits per heavy atom. The van der Waals surface area contributed by atoms with Crippen molar-refractivity contribution >= 4 is 0 Å². The molecule has 0 aliphatic heterocycles. The summed E-state index contributed by atoms with van der Waals surface area (Å²) in [6.07, 6.45) is 4.45. The molecule has 0 aliphatic rings. The van der Waals surface area contributed by atoms with E-state index >= 15 is 0 Å². The van der Waals surface area contributed by atoms with Gasteiger partial charge in [0.25, 0.3) is 0 Å². The molecule has 0 saturated carbocycles. The highest BCUT2D eigenvalue weighted by Gasteiger charge is 2.05. The third-order valence-corrected chi connectivity index (χ3v) is 2.23. The van der Waals surface area contributed by atoms with Crippen molar-refractivity contribution in [3.8, 4) is 0 Å². The van der Waals surface area contributed by atoms with Gasteiger partial charge in [-0.15, -0.1) is 0 Å². The lowest BCUT2D eigenvalue weighted by atomic mass is 10.2. The van der Waals surface area contributed by atoms with Gasteiger partial charge in [0.1, 0.15) is 0 Å². The largest absolute Gasteiger partial charge is 0.315 e. The molecule has 1 unspecified atom stereocenters. The first kappa shape index (κ1) is 10.3. The van der Waals surface area contributed by atoms with Crippen molar-refractivity contribution in [2.75, 3.05) is 7.05 Å². The van der Waals surface area contributed by atoms with E-state index in [1.165, 1.54) is 12.8 Å². The number of hydrogen-bond acceptors (Lipinski definition) is 2. The first-order valence-corrected chi connectivity index (χ1v) is 4.93. The molecular formula is C10H19N3. The predicted octanol–water partition coefficient (Wildman–Crippen LogP) is 1.58. The lowest BCUT2D eigenvalue weighted by molar-refractivity contribution is 0.425. The van der Waals surface area contributed by atoms with Gasteiger partial charge < -0.3 is 5.32 Å².